The lowest BCUT2D eigenvalue weighted by atomic mass is 9.79. The van der Waals surface area contributed by atoms with Crippen molar-refractivity contribution in [3.63, 3.8) is 0 Å². The van der Waals surface area contributed by atoms with E-state index in [4.69, 9.17) is 0 Å². The molecule has 0 spiro atoms. The third-order valence-electron chi connectivity index (χ3n) is 4.70. The smallest absolute Gasteiger partial charge is 0.160 e. The molecule has 0 nitrogen and oxygen atoms in total. The van der Waals surface area contributed by atoms with Crippen LogP contribution in [-0.2, 0) is 0 Å². The van der Waals surface area contributed by atoms with Crippen LogP contribution in [0.1, 0.15) is 63.9 Å². The minimum absolute atomic E-state index is 0.508. The number of halogens is 2. The number of hydrogen-bond acceptors (Lipinski definition) is 0. The van der Waals surface area contributed by atoms with Gasteiger partial charge in [-0.1, -0.05) is 50.5 Å². The molecule has 1 aromatic carbocycles. The maximum Gasteiger partial charge on any atom is 0.160 e. The van der Waals surface area contributed by atoms with E-state index >= 15 is 0 Å². The van der Waals surface area contributed by atoms with E-state index in [1.54, 1.807) is 0 Å². The van der Waals surface area contributed by atoms with Gasteiger partial charge in [0.25, 0.3) is 0 Å². The van der Waals surface area contributed by atoms with E-state index in [9.17, 15) is 8.78 Å². The highest BCUT2D eigenvalue weighted by Crippen LogP contribution is 2.32. The fourth-order valence-electron chi connectivity index (χ4n) is 3.24. The zero-order chi connectivity index (χ0) is 16.5. The predicted octanol–water partition coefficient (Wildman–Crippen LogP) is 6.26. The number of allylic oxidation sites excluding steroid dienone is 2. The van der Waals surface area contributed by atoms with Crippen LogP contribution < -0.4 is 0 Å². The molecule has 0 aromatic heterocycles. The molecule has 124 valence electrons. The lowest BCUT2D eigenvalue weighted by Crippen LogP contribution is -2.12. The number of rotatable bonds is 5. The number of benzene rings is 1. The highest BCUT2D eigenvalue weighted by molar-refractivity contribution is 5.37. The molecular formula is C21H26F2. The molecule has 2 rings (SSSR count). The normalized spacial score (nSPS) is 21.2. The Kier molecular flexibility index (Phi) is 7.33. The van der Waals surface area contributed by atoms with Gasteiger partial charge < -0.3 is 0 Å². The van der Waals surface area contributed by atoms with Crippen LogP contribution in [0.2, 0.25) is 0 Å². The van der Waals surface area contributed by atoms with Crippen molar-refractivity contribution in [2.75, 3.05) is 0 Å². The zero-order valence-corrected chi connectivity index (χ0v) is 14.0. The monoisotopic (exact) mass is 316 g/mol. The molecule has 0 N–H and O–H groups in total. The molecule has 0 unspecified atom stereocenters. The molecule has 0 bridgehead atoms. The van der Waals surface area contributed by atoms with Crippen LogP contribution in [0.4, 0.5) is 8.78 Å². The topological polar surface area (TPSA) is 0 Å². The summed E-state index contributed by atoms with van der Waals surface area (Å²) in [4.78, 5) is 0. The van der Waals surface area contributed by atoms with Gasteiger partial charge in [0, 0.05) is 5.56 Å². The first-order valence-electron chi connectivity index (χ1n) is 8.82. The Morgan fingerprint density at radius 3 is 2.57 bits per heavy atom. The molecule has 0 atom stereocenters. The molecule has 1 fully saturated rings. The minimum atomic E-state index is -0.845. The maximum absolute atomic E-state index is 13.1. The molecule has 0 amide bonds. The van der Waals surface area contributed by atoms with Gasteiger partial charge in [-0.2, -0.15) is 0 Å². The first-order valence-corrected chi connectivity index (χ1v) is 8.82. The van der Waals surface area contributed by atoms with Crippen molar-refractivity contribution in [1.29, 1.82) is 0 Å². The molecule has 2 heteroatoms. The molecule has 0 saturated heterocycles. The van der Waals surface area contributed by atoms with E-state index in [0.717, 1.165) is 18.1 Å². The standard InChI is InChI=1S/C21H26F2/c1-2-3-4-7-17-10-12-18(13-11-17)8-5-6-9-19-14-15-20(22)21(23)16-19/h5,8,14-18H,2-4,7,10-13H2,1H3/b8-5+/t17-,18-. The van der Waals surface area contributed by atoms with Crippen molar-refractivity contribution in [3.8, 4) is 11.8 Å². The molecule has 1 aliphatic rings. The molecule has 1 aromatic rings. The van der Waals surface area contributed by atoms with Crippen molar-refractivity contribution < 1.29 is 8.78 Å². The number of hydrogen-bond donors (Lipinski definition) is 0. The number of unbranched alkanes of at least 4 members (excludes halogenated alkanes) is 2. The Labute approximate surface area is 139 Å². The van der Waals surface area contributed by atoms with Crippen LogP contribution in [0.25, 0.3) is 0 Å². The van der Waals surface area contributed by atoms with Crippen molar-refractivity contribution in [2.24, 2.45) is 11.8 Å². The van der Waals surface area contributed by atoms with E-state index in [2.05, 4.69) is 24.8 Å². The van der Waals surface area contributed by atoms with Gasteiger partial charge in [0.2, 0.25) is 0 Å². The Morgan fingerprint density at radius 1 is 1.09 bits per heavy atom. The molecule has 1 aliphatic carbocycles. The van der Waals surface area contributed by atoms with E-state index in [-0.39, 0.29) is 0 Å². The summed E-state index contributed by atoms with van der Waals surface area (Å²) in [5, 5.41) is 0. The van der Waals surface area contributed by atoms with Crippen molar-refractivity contribution >= 4 is 0 Å². The Hall–Kier alpha value is -1.62. The van der Waals surface area contributed by atoms with Gasteiger partial charge in [-0.3, -0.25) is 0 Å². The Balaban J connectivity index is 1.75. The van der Waals surface area contributed by atoms with Crippen LogP contribution in [-0.4, -0.2) is 0 Å². The van der Waals surface area contributed by atoms with E-state index < -0.39 is 11.6 Å². The lowest BCUT2D eigenvalue weighted by molar-refractivity contribution is 0.289. The summed E-state index contributed by atoms with van der Waals surface area (Å²) in [6, 6.07) is 3.75. The van der Waals surface area contributed by atoms with Crippen LogP contribution in [0, 0.1) is 35.3 Å². The summed E-state index contributed by atoms with van der Waals surface area (Å²) >= 11 is 0. The molecule has 0 heterocycles. The average Bonchev–Trinajstić information content (AvgIpc) is 2.56. The van der Waals surface area contributed by atoms with E-state index in [0.29, 0.717) is 11.5 Å². The third-order valence-corrected chi connectivity index (χ3v) is 4.70. The summed E-state index contributed by atoms with van der Waals surface area (Å²) in [5.41, 5.74) is 0.508. The largest absolute Gasteiger partial charge is 0.204 e. The SMILES string of the molecule is CCCCC[C@H]1CC[C@H](/C=C/C#Cc2ccc(F)c(F)c2)CC1. The van der Waals surface area contributed by atoms with Crippen molar-refractivity contribution in [1.82, 2.24) is 0 Å². The van der Waals surface area contributed by atoms with Gasteiger partial charge in [0.05, 0.1) is 0 Å². The quantitative estimate of drug-likeness (QED) is 0.444. The summed E-state index contributed by atoms with van der Waals surface area (Å²) in [6.45, 7) is 2.25. The van der Waals surface area contributed by atoms with Crippen LogP contribution >= 0.6 is 0 Å². The first-order chi connectivity index (χ1) is 11.2. The van der Waals surface area contributed by atoms with Crippen LogP contribution in [0.3, 0.4) is 0 Å². The molecular weight excluding hydrogens is 290 g/mol. The van der Waals surface area contributed by atoms with Gasteiger partial charge in [-0.15, -0.1) is 0 Å². The Bertz CT molecular complexity index is 569. The fourth-order valence-corrected chi connectivity index (χ4v) is 3.24. The maximum atomic E-state index is 13.1. The van der Waals surface area contributed by atoms with Crippen molar-refractivity contribution in [2.45, 2.75) is 58.3 Å². The minimum Gasteiger partial charge on any atom is -0.204 e. The molecule has 23 heavy (non-hydrogen) atoms. The summed E-state index contributed by atoms with van der Waals surface area (Å²) < 4.78 is 25.9. The highest BCUT2D eigenvalue weighted by atomic mass is 19.2. The second-order valence-corrected chi connectivity index (χ2v) is 6.53. The van der Waals surface area contributed by atoms with Gasteiger partial charge in [-0.25, -0.2) is 8.78 Å². The zero-order valence-electron chi connectivity index (χ0n) is 14.0. The van der Waals surface area contributed by atoms with E-state index in [1.807, 2.05) is 6.08 Å². The molecule has 0 radical (unpaired) electrons. The van der Waals surface area contributed by atoms with Gasteiger partial charge in [0.1, 0.15) is 0 Å². The van der Waals surface area contributed by atoms with Crippen LogP contribution in [0.5, 0.6) is 0 Å². The second kappa shape index (κ2) is 9.50. The lowest BCUT2D eigenvalue weighted by Gasteiger charge is -2.26. The van der Waals surface area contributed by atoms with E-state index in [1.165, 1.54) is 57.4 Å². The fraction of sp³-hybridized carbons (Fsp3) is 0.524. The predicted molar refractivity (Wildman–Crippen MR) is 92.0 cm³/mol. The van der Waals surface area contributed by atoms with Crippen molar-refractivity contribution in [3.05, 3.63) is 47.5 Å². The summed E-state index contributed by atoms with van der Waals surface area (Å²) in [6.07, 6.45) is 14.6. The summed E-state index contributed by atoms with van der Waals surface area (Å²) in [7, 11) is 0. The van der Waals surface area contributed by atoms with Gasteiger partial charge in [-0.05, 0) is 61.8 Å². The first kappa shape index (κ1) is 17.7. The Morgan fingerprint density at radius 2 is 1.87 bits per heavy atom. The van der Waals surface area contributed by atoms with Crippen LogP contribution in [0.15, 0.2) is 30.4 Å². The van der Waals surface area contributed by atoms with Gasteiger partial charge in [0.15, 0.2) is 11.6 Å². The van der Waals surface area contributed by atoms with Gasteiger partial charge >= 0.3 is 0 Å². The molecule has 1 saturated carbocycles. The third kappa shape index (κ3) is 6.18. The highest BCUT2D eigenvalue weighted by Gasteiger charge is 2.18. The molecule has 0 aliphatic heterocycles. The second-order valence-electron chi connectivity index (χ2n) is 6.53. The summed E-state index contributed by atoms with van der Waals surface area (Å²) in [5.74, 6) is 5.64. The average molecular weight is 316 g/mol.